The minimum atomic E-state index is -1.22. The lowest BCUT2D eigenvalue weighted by Crippen LogP contribution is -2.57. The van der Waals surface area contributed by atoms with Gasteiger partial charge in [0.25, 0.3) is 0 Å². The molecule has 0 bridgehead atoms. The number of carboxylic acid groups (broad SMARTS) is 1. The molecule has 1 aromatic heterocycles. The lowest BCUT2D eigenvalue weighted by atomic mass is 10.0. The summed E-state index contributed by atoms with van der Waals surface area (Å²) < 4.78 is 0. The molecule has 34 heavy (non-hydrogen) atoms. The number of nitrogens with two attached hydrogens (primary N) is 1. The highest BCUT2D eigenvalue weighted by molar-refractivity contribution is 7.98. The molecule has 7 N–H and O–H groups in total. The molecule has 2 aromatic rings. The lowest BCUT2D eigenvalue weighted by molar-refractivity contribution is -0.141. The standard InChI is InChI=1S/C22H31N5O5S2/c1-12(23)19(28)26-17(9-13-10-24-15-6-4-3-5-14(13)15)21(30)25-16(7-8-34-2)20(29)27-18(11-33)22(31)32/h3-6,10,12,16-18,24,33H,7-9,11,23H2,1-2H3,(H,25,30)(H,26,28)(H,27,29)(H,31,32). The van der Waals surface area contributed by atoms with Crippen molar-refractivity contribution in [2.24, 2.45) is 5.73 Å². The van der Waals surface area contributed by atoms with Crippen LogP contribution in [0.4, 0.5) is 0 Å². The zero-order valence-electron chi connectivity index (χ0n) is 19.0. The van der Waals surface area contributed by atoms with Gasteiger partial charge >= 0.3 is 5.97 Å². The Hall–Kier alpha value is -2.70. The largest absolute Gasteiger partial charge is 0.480 e. The van der Waals surface area contributed by atoms with Gasteiger partial charge in [-0.2, -0.15) is 24.4 Å². The van der Waals surface area contributed by atoms with Gasteiger partial charge < -0.3 is 31.8 Å². The fourth-order valence-electron chi connectivity index (χ4n) is 3.27. The van der Waals surface area contributed by atoms with Crippen LogP contribution in [0.5, 0.6) is 0 Å². The summed E-state index contributed by atoms with van der Waals surface area (Å²) in [5.41, 5.74) is 7.38. The first-order valence-electron chi connectivity index (χ1n) is 10.7. The molecule has 0 radical (unpaired) electrons. The van der Waals surface area contributed by atoms with Crippen LogP contribution < -0.4 is 21.7 Å². The lowest BCUT2D eigenvalue weighted by Gasteiger charge is -2.24. The van der Waals surface area contributed by atoms with Gasteiger partial charge in [-0.1, -0.05) is 18.2 Å². The normalized spacial score (nSPS) is 14.6. The number of hydrogen-bond acceptors (Lipinski definition) is 7. The molecule has 12 heteroatoms. The summed E-state index contributed by atoms with van der Waals surface area (Å²) in [7, 11) is 0. The maximum absolute atomic E-state index is 13.2. The van der Waals surface area contributed by atoms with E-state index in [-0.39, 0.29) is 18.6 Å². The maximum Gasteiger partial charge on any atom is 0.327 e. The smallest absolute Gasteiger partial charge is 0.327 e. The number of carboxylic acids is 1. The number of nitrogens with one attached hydrogen (secondary N) is 4. The molecule has 3 amide bonds. The third-order valence-electron chi connectivity index (χ3n) is 5.19. The molecule has 0 aliphatic rings. The van der Waals surface area contributed by atoms with E-state index in [0.29, 0.717) is 5.75 Å². The van der Waals surface area contributed by atoms with Gasteiger partial charge in [0.15, 0.2) is 0 Å². The van der Waals surface area contributed by atoms with E-state index >= 15 is 0 Å². The Morgan fingerprint density at radius 3 is 2.29 bits per heavy atom. The number of para-hydroxylation sites is 1. The number of rotatable bonds is 13. The van der Waals surface area contributed by atoms with Crippen molar-refractivity contribution in [3.05, 3.63) is 36.0 Å². The van der Waals surface area contributed by atoms with Gasteiger partial charge in [-0.3, -0.25) is 14.4 Å². The van der Waals surface area contributed by atoms with Crippen molar-refractivity contribution in [2.75, 3.05) is 17.8 Å². The first kappa shape index (κ1) is 27.5. The predicted molar refractivity (Wildman–Crippen MR) is 136 cm³/mol. The van der Waals surface area contributed by atoms with Crippen molar-refractivity contribution in [3.8, 4) is 0 Å². The first-order valence-corrected chi connectivity index (χ1v) is 12.7. The molecule has 1 aromatic carbocycles. The number of H-pyrrole nitrogens is 1. The fraction of sp³-hybridized carbons (Fsp3) is 0.455. The van der Waals surface area contributed by atoms with E-state index in [1.807, 2.05) is 30.5 Å². The van der Waals surface area contributed by atoms with Gasteiger partial charge in [0.1, 0.15) is 18.1 Å². The Bertz CT molecular complexity index is 1010. The predicted octanol–water partition coefficient (Wildman–Crippen LogP) is 0.280. The topological polar surface area (TPSA) is 166 Å². The van der Waals surface area contributed by atoms with E-state index in [1.54, 1.807) is 6.20 Å². The number of thioether (sulfide) groups is 1. The Morgan fingerprint density at radius 1 is 1.06 bits per heavy atom. The zero-order chi connectivity index (χ0) is 25.3. The van der Waals surface area contributed by atoms with Crippen molar-refractivity contribution < 1.29 is 24.3 Å². The van der Waals surface area contributed by atoms with Crippen LogP contribution in [-0.4, -0.2) is 75.7 Å². The number of benzene rings is 1. The van der Waals surface area contributed by atoms with Gasteiger partial charge in [0.05, 0.1) is 6.04 Å². The monoisotopic (exact) mass is 509 g/mol. The Kier molecular flexibility index (Phi) is 10.7. The molecule has 186 valence electrons. The summed E-state index contributed by atoms with van der Waals surface area (Å²) in [6, 6.07) is 3.55. The number of aromatic amines is 1. The average Bonchev–Trinajstić information content (AvgIpc) is 3.21. The highest BCUT2D eigenvalue weighted by atomic mass is 32.2. The Morgan fingerprint density at radius 2 is 1.68 bits per heavy atom. The summed E-state index contributed by atoms with van der Waals surface area (Å²) in [5, 5.41) is 17.9. The summed E-state index contributed by atoms with van der Waals surface area (Å²) >= 11 is 5.44. The summed E-state index contributed by atoms with van der Waals surface area (Å²) in [6.07, 6.45) is 4.07. The number of aliphatic carboxylic acids is 1. The van der Waals surface area contributed by atoms with Crippen molar-refractivity contribution >= 4 is 59.0 Å². The SMILES string of the molecule is CSCCC(NC(=O)C(Cc1c[nH]c2ccccc12)NC(=O)C(C)N)C(=O)NC(CS)C(=O)O. The number of carbonyl (C=O) groups is 4. The second-order valence-electron chi connectivity index (χ2n) is 7.84. The number of thiol groups is 1. The number of amides is 3. The van der Waals surface area contributed by atoms with E-state index in [0.717, 1.165) is 16.5 Å². The third kappa shape index (κ3) is 7.67. The average molecular weight is 510 g/mol. The molecule has 2 rings (SSSR count). The second-order valence-corrected chi connectivity index (χ2v) is 9.19. The summed E-state index contributed by atoms with van der Waals surface area (Å²) in [5.74, 6) is -2.48. The van der Waals surface area contributed by atoms with Crippen LogP contribution in [-0.2, 0) is 25.6 Å². The van der Waals surface area contributed by atoms with E-state index in [2.05, 4.69) is 33.6 Å². The molecule has 4 unspecified atom stereocenters. The Labute approximate surface area is 207 Å². The molecule has 4 atom stereocenters. The van der Waals surface area contributed by atoms with Crippen LogP contribution in [0.1, 0.15) is 18.9 Å². The first-order chi connectivity index (χ1) is 16.2. The van der Waals surface area contributed by atoms with Gasteiger partial charge in [-0.15, -0.1) is 0 Å². The highest BCUT2D eigenvalue weighted by Crippen LogP contribution is 2.19. The van der Waals surface area contributed by atoms with Crippen molar-refractivity contribution in [1.29, 1.82) is 0 Å². The van der Waals surface area contributed by atoms with E-state index in [9.17, 15) is 24.3 Å². The number of hydrogen-bond donors (Lipinski definition) is 7. The zero-order valence-corrected chi connectivity index (χ0v) is 20.7. The molecule has 0 fully saturated rings. The van der Waals surface area contributed by atoms with Crippen molar-refractivity contribution in [3.63, 3.8) is 0 Å². The fourth-order valence-corrected chi connectivity index (χ4v) is 3.99. The molecule has 0 aliphatic heterocycles. The van der Waals surface area contributed by atoms with Gasteiger partial charge in [-0.05, 0) is 37.0 Å². The van der Waals surface area contributed by atoms with Crippen LogP contribution >= 0.6 is 24.4 Å². The van der Waals surface area contributed by atoms with Crippen LogP contribution in [0.15, 0.2) is 30.5 Å². The molecular formula is C22H31N5O5S2. The molecular weight excluding hydrogens is 478 g/mol. The molecule has 0 saturated heterocycles. The van der Waals surface area contributed by atoms with Crippen LogP contribution in [0, 0.1) is 0 Å². The molecule has 0 spiro atoms. The summed E-state index contributed by atoms with van der Waals surface area (Å²) in [6.45, 7) is 1.51. The maximum atomic E-state index is 13.2. The van der Waals surface area contributed by atoms with Gasteiger partial charge in [0, 0.05) is 29.3 Å². The minimum absolute atomic E-state index is 0.0993. The van der Waals surface area contributed by atoms with Crippen molar-refractivity contribution in [1.82, 2.24) is 20.9 Å². The van der Waals surface area contributed by atoms with Crippen LogP contribution in [0.25, 0.3) is 10.9 Å². The van der Waals surface area contributed by atoms with Gasteiger partial charge in [0.2, 0.25) is 17.7 Å². The van der Waals surface area contributed by atoms with Crippen LogP contribution in [0.2, 0.25) is 0 Å². The Balaban J connectivity index is 2.24. The number of carbonyl (C=O) groups excluding carboxylic acids is 3. The van der Waals surface area contributed by atoms with E-state index < -0.39 is 47.9 Å². The second kappa shape index (κ2) is 13.3. The minimum Gasteiger partial charge on any atom is -0.480 e. The number of fused-ring (bicyclic) bond motifs is 1. The third-order valence-corrected chi connectivity index (χ3v) is 6.20. The highest BCUT2D eigenvalue weighted by Gasteiger charge is 2.30. The quantitative estimate of drug-likeness (QED) is 0.190. The molecule has 1 heterocycles. The molecule has 0 aliphatic carbocycles. The molecule has 10 nitrogen and oxygen atoms in total. The van der Waals surface area contributed by atoms with Crippen molar-refractivity contribution in [2.45, 2.75) is 43.9 Å². The number of aromatic nitrogens is 1. The van der Waals surface area contributed by atoms with E-state index in [1.165, 1.54) is 18.7 Å². The molecule has 0 saturated carbocycles. The van der Waals surface area contributed by atoms with Crippen LogP contribution in [0.3, 0.4) is 0 Å². The van der Waals surface area contributed by atoms with E-state index in [4.69, 9.17) is 5.73 Å². The summed E-state index contributed by atoms with van der Waals surface area (Å²) in [4.78, 5) is 52.7. The van der Waals surface area contributed by atoms with Gasteiger partial charge in [-0.25, -0.2) is 4.79 Å².